The predicted molar refractivity (Wildman–Crippen MR) is 98.1 cm³/mol. The minimum Gasteiger partial charge on any atom is -0.339 e. The highest BCUT2D eigenvalue weighted by Gasteiger charge is 2.36. The second-order valence-electron chi connectivity index (χ2n) is 8.30. The fourth-order valence-corrected chi connectivity index (χ4v) is 4.03. The van der Waals surface area contributed by atoms with Crippen molar-refractivity contribution in [2.24, 2.45) is 5.41 Å². The van der Waals surface area contributed by atoms with Gasteiger partial charge in [-0.25, -0.2) is 0 Å². The van der Waals surface area contributed by atoms with E-state index in [2.05, 4.69) is 34.2 Å². The maximum atomic E-state index is 13.0. The van der Waals surface area contributed by atoms with Crippen LogP contribution in [0.5, 0.6) is 0 Å². The van der Waals surface area contributed by atoms with Crippen LogP contribution in [-0.4, -0.2) is 61.5 Å². The van der Waals surface area contributed by atoms with Gasteiger partial charge in [0.1, 0.15) is 0 Å². The first-order valence-electron chi connectivity index (χ1n) is 9.19. The van der Waals surface area contributed by atoms with E-state index in [0.29, 0.717) is 5.41 Å². The maximum absolute atomic E-state index is 13.0. The lowest BCUT2D eigenvalue weighted by Gasteiger charge is -2.41. The van der Waals surface area contributed by atoms with Crippen LogP contribution >= 0.6 is 0 Å². The molecule has 4 heteroatoms. The lowest BCUT2D eigenvalue weighted by atomic mass is 9.83. The summed E-state index contributed by atoms with van der Waals surface area (Å²) in [5, 5.41) is 3.48. The maximum Gasteiger partial charge on any atom is 0.232 e. The third-order valence-electron chi connectivity index (χ3n) is 5.75. The Morgan fingerprint density at radius 1 is 1.17 bits per heavy atom. The van der Waals surface area contributed by atoms with E-state index in [-0.39, 0.29) is 5.91 Å². The molecule has 3 rings (SSSR count). The van der Waals surface area contributed by atoms with Crippen LogP contribution in [0.15, 0.2) is 30.3 Å². The lowest BCUT2D eigenvalue weighted by Crippen LogP contribution is -2.54. The van der Waals surface area contributed by atoms with Gasteiger partial charge >= 0.3 is 0 Å². The first-order valence-corrected chi connectivity index (χ1v) is 9.19. The van der Waals surface area contributed by atoms with Gasteiger partial charge in [0.25, 0.3) is 0 Å². The van der Waals surface area contributed by atoms with E-state index in [0.717, 1.165) is 51.4 Å². The number of piperazine rings is 1. The first kappa shape index (κ1) is 17.4. The normalized spacial score (nSPS) is 25.9. The van der Waals surface area contributed by atoms with Crippen LogP contribution in [-0.2, 0) is 10.2 Å². The molecule has 132 valence electrons. The molecule has 0 radical (unpaired) electrons. The average molecular weight is 329 g/mol. The molecule has 1 amide bonds. The van der Waals surface area contributed by atoms with Crippen molar-refractivity contribution in [3.8, 4) is 0 Å². The van der Waals surface area contributed by atoms with Gasteiger partial charge in [0.2, 0.25) is 5.91 Å². The van der Waals surface area contributed by atoms with Crippen molar-refractivity contribution in [2.45, 2.75) is 32.6 Å². The van der Waals surface area contributed by atoms with Crippen molar-refractivity contribution in [3.05, 3.63) is 35.9 Å². The monoisotopic (exact) mass is 329 g/mol. The van der Waals surface area contributed by atoms with Gasteiger partial charge in [0.15, 0.2) is 0 Å². The minimum atomic E-state index is -0.454. The highest BCUT2D eigenvalue weighted by Crippen LogP contribution is 2.28. The summed E-state index contributed by atoms with van der Waals surface area (Å²) in [4.78, 5) is 17.6. The van der Waals surface area contributed by atoms with Crippen LogP contribution in [0.25, 0.3) is 0 Å². The zero-order chi connectivity index (χ0) is 17.2. The summed E-state index contributed by atoms with van der Waals surface area (Å²) in [6.45, 7) is 13.5. The number of nitrogens with zero attached hydrogens (tertiary/aromatic N) is 2. The van der Waals surface area contributed by atoms with Crippen molar-refractivity contribution in [1.29, 1.82) is 0 Å². The topological polar surface area (TPSA) is 35.6 Å². The van der Waals surface area contributed by atoms with Crippen molar-refractivity contribution in [3.63, 3.8) is 0 Å². The molecule has 0 bridgehead atoms. The lowest BCUT2D eigenvalue weighted by molar-refractivity contribution is -0.138. The average Bonchev–Trinajstić information content (AvgIpc) is 3.02. The van der Waals surface area contributed by atoms with Crippen molar-refractivity contribution < 1.29 is 4.79 Å². The van der Waals surface area contributed by atoms with E-state index in [9.17, 15) is 4.79 Å². The van der Waals surface area contributed by atoms with Gasteiger partial charge in [-0.15, -0.1) is 0 Å². The number of benzene rings is 1. The molecular formula is C20H31N3O. The molecule has 2 aliphatic heterocycles. The van der Waals surface area contributed by atoms with Crippen LogP contribution in [0.4, 0.5) is 0 Å². The fourth-order valence-electron chi connectivity index (χ4n) is 4.03. The number of hydrogen-bond acceptors (Lipinski definition) is 3. The summed E-state index contributed by atoms with van der Waals surface area (Å²) in [6.07, 6.45) is 1.26. The zero-order valence-corrected chi connectivity index (χ0v) is 15.3. The van der Waals surface area contributed by atoms with Crippen LogP contribution in [0.1, 0.15) is 32.8 Å². The molecule has 0 aromatic heterocycles. The summed E-state index contributed by atoms with van der Waals surface area (Å²) in [5.41, 5.74) is 1.04. The van der Waals surface area contributed by atoms with E-state index in [1.54, 1.807) is 0 Å². The molecule has 24 heavy (non-hydrogen) atoms. The van der Waals surface area contributed by atoms with E-state index >= 15 is 0 Å². The molecular weight excluding hydrogens is 298 g/mol. The van der Waals surface area contributed by atoms with Gasteiger partial charge in [-0.3, -0.25) is 9.69 Å². The largest absolute Gasteiger partial charge is 0.339 e. The molecule has 2 fully saturated rings. The van der Waals surface area contributed by atoms with Crippen LogP contribution < -0.4 is 5.32 Å². The molecule has 1 N–H and O–H groups in total. The van der Waals surface area contributed by atoms with Crippen LogP contribution in [0.3, 0.4) is 0 Å². The number of carbonyl (C=O) groups is 1. The molecule has 0 saturated carbocycles. The summed E-state index contributed by atoms with van der Waals surface area (Å²) in [5.74, 6) is 0.252. The Bertz CT molecular complexity index is 556. The number of hydrogen-bond donors (Lipinski definition) is 1. The number of nitrogens with one attached hydrogen (secondary N) is 1. The molecule has 1 atom stereocenters. The Labute approximate surface area is 146 Å². The summed E-state index contributed by atoms with van der Waals surface area (Å²) < 4.78 is 0. The number of amides is 1. The molecule has 4 nitrogen and oxygen atoms in total. The van der Waals surface area contributed by atoms with Gasteiger partial charge in [-0.1, -0.05) is 37.3 Å². The third kappa shape index (κ3) is 3.65. The van der Waals surface area contributed by atoms with Crippen molar-refractivity contribution >= 4 is 5.91 Å². The smallest absolute Gasteiger partial charge is 0.232 e. The Kier molecular flexibility index (Phi) is 4.97. The minimum absolute atomic E-state index is 0.252. The zero-order valence-electron chi connectivity index (χ0n) is 15.3. The molecule has 2 saturated heterocycles. The number of carbonyl (C=O) groups excluding carboxylic acids is 1. The Morgan fingerprint density at radius 3 is 2.42 bits per heavy atom. The predicted octanol–water partition coefficient (Wildman–Crippen LogP) is 2.11. The van der Waals surface area contributed by atoms with Crippen molar-refractivity contribution in [1.82, 2.24) is 15.1 Å². The van der Waals surface area contributed by atoms with Crippen LogP contribution in [0.2, 0.25) is 0 Å². The number of rotatable bonds is 4. The Balaban J connectivity index is 1.57. The van der Waals surface area contributed by atoms with E-state index in [1.807, 2.05) is 32.0 Å². The molecule has 1 unspecified atom stereocenters. The van der Waals surface area contributed by atoms with E-state index in [4.69, 9.17) is 0 Å². The van der Waals surface area contributed by atoms with Crippen LogP contribution in [0, 0.1) is 5.41 Å². The SMILES string of the molecule is CC1(CN2CCN(C(=O)C(C)(C)c3ccccc3)CC2)CCNC1. The summed E-state index contributed by atoms with van der Waals surface area (Å²) in [6, 6.07) is 10.1. The quantitative estimate of drug-likeness (QED) is 0.919. The molecule has 1 aromatic carbocycles. The highest BCUT2D eigenvalue weighted by atomic mass is 16.2. The second kappa shape index (κ2) is 6.85. The fraction of sp³-hybridized carbons (Fsp3) is 0.650. The van der Waals surface area contributed by atoms with E-state index < -0.39 is 5.41 Å². The molecule has 0 spiro atoms. The summed E-state index contributed by atoms with van der Waals surface area (Å²) in [7, 11) is 0. The Morgan fingerprint density at radius 2 is 1.83 bits per heavy atom. The third-order valence-corrected chi connectivity index (χ3v) is 5.75. The van der Waals surface area contributed by atoms with E-state index in [1.165, 1.54) is 6.42 Å². The van der Waals surface area contributed by atoms with Crippen molar-refractivity contribution in [2.75, 3.05) is 45.8 Å². The molecule has 2 aliphatic rings. The summed E-state index contributed by atoms with van der Waals surface area (Å²) >= 11 is 0. The van der Waals surface area contributed by atoms with Gasteiger partial charge in [-0.05, 0) is 37.8 Å². The highest BCUT2D eigenvalue weighted by molar-refractivity contribution is 5.87. The molecule has 0 aliphatic carbocycles. The molecule has 2 heterocycles. The van der Waals surface area contributed by atoms with Gasteiger partial charge in [0, 0.05) is 39.3 Å². The molecule has 1 aromatic rings. The second-order valence-corrected chi connectivity index (χ2v) is 8.30. The van der Waals surface area contributed by atoms with Gasteiger partial charge in [-0.2, -0.15) is 0 Å². The Hall–Kier alpha value is -1.39. The van der Waals surface area contributed by atoms with Gasteiger partial charge in [0.05, 0.1) is 5.41 Å². The first-order chi connectivity index (χ1) is 11.4. The van der Waals surface area contributed by atoms with Gasteiger partial charge < -0.3 is 10.2 Å². The standard InChI is InChI=1S/C20H31N3O/c1-19(2,17-7-5-4-6-8-17)18(24)23-13-11-22(12-14-23)16-20(3)9-10-21-15-20/h4-8,21H,9-16H2,1-3H3.